The van der Waals surface area contributed by atoms with E-state index in [4.69, 9.17) is 28.3 Å². The number of carbonyl (C=O) groups excluding carboxylic acids is 3. The van der Waals surface area contributed by atoms with Crippen LogP contribution in [0, 0.1) is 0 Å². The Morgan fingerprint density at radius 3 is 1.37 bits per heavy atom. The summed E-state index contributed by atoms with van der Waals surface area (Å²) in [5, 5.41) is 41.1. The lowest BCUT2D eigenvalue weighted by Gasteiger charge is -2.43. The molecule has 0 saturated heterocycles. The number of phosphoric ester groups is 2. The standard InChI is InChI=1S/C40H76O17P2/c1-3-5-6-7-8-9-10-11-12-13-18-21-24-28-34(43)55-32(29-53-33(42)27-23-20-17-15-14-16-19-22-26-31(41)25-4-2)30-54-59(51,52)57-40-37(46)35(44)36(45)39(38(40)47)56-58(48,49)50/h32,35-40,44-47H,3-30H2,1-2H3,(H,51,52)(H2,48,49,50)/t32-,35+,36?,37?,38-,39-,40?/m1/s1. The Morgan fingerprint density at radius 1 is 0.492 bits per heavy atom. The summed E-state index contributed by atoms with van der Waals surface area (Å²) in [7, 11) is -10.7. The van der Waals surface area contributed by atoms with E-state index < -0.39 is 83.5 Å². The van der Waals surface area contributed by atoms with Crippen LogP contribution < -0.4 is 0 Å². The Labute approximate surface area is 351 Å². The van der Waals surface area contributed by atoms with Crippen LogP contribution in [0.2, 0.25) is 0 Å². The van der Waals surface area contributed by atoms with Crippen LogP contribution in [0.15, 0.2) is 0 Å². The van der Waals surface area contributed by atoms with Gasteiger partial charge in [-0.3, -0.25) is 28.0 Å². The highest BCUT2D eigenvalue weighted by Gasteiger charge is 2.54. The van der Waals surface area contributed by atoms with Crippen LogP contribution >= 0.6 is 15.6 Å². The molecule has 19 heteroatoms. The van der Waals surface area contributed by atoms with Gasteiger partial charge in [0.25, 0.3) is 0 Å². The van der Waals surface area contributed by atoms with Crippen LogP contribution in [0.4, 0.5) is 0 Å². The van der Waals surface area contributed by atoms with Gasteiger partial charge in [-0.25, -0.2) is 9.13 Å². The number of rotatable bonds is 37. The molecule has 59 heavy (non-hydrogen) atoms. The molecular formula is C40H76O17P2. The van der Waals surface area contributed by atoms with Crippen LogP contribution in [-0.2, 0) is 46.6 Å². The monoisotopic (exact) mass is 890 g/mol. The third-order valence-electron chi connectivity index (χ3n) is 10.3. The SMILES string of the molecule is CCCCCCCCCCCCCCCC(=O)O[C@H](COC(=O)CCCCCCCCCCC(=O)CCC)COP(=O)(O)OC1C(O)[C@@H](O)C(O)[C@@H](OP(=O)(O)O)[C@H]1O. The van der Waals surface area contributed by atoms with E-state index in [2.05, 4.69) is 11.4 Å². The molecular weight excluding hydrogens is 814 g/mol. The van der Waals surface area contributed by atoms with Gasteiger partial charge >= 0.3 is 27.6 Å². The fraction of sp³-hybridized carbons (Fsp3) is 0.925. The topological polar surface area (TPSA) is 273 Å². The first-order valence-corrected chi connectivity index (χ1v) is 25.0. The fourth-order valence-electron chi connectivity index (χ4n) is 6.91. The van der Waals surface area contributed by atoms with Crippen molar-refractivity contribution in [1.82, 2.24) is 0 Å². The van der Waals surface area contributed by atoms with Crippen molar-refractivity contribution in [2.24, 2.45) is 0 Å². The lowest BCUT2D eigenvalue weighted by atomic mass is 9.85. The molecule has 0 radical (unpaired) electrons. The van der Waals surface area contributed by atoms with Crippen molar-refractivity contribution < 1.29 is 81.7 Å². The summed E-state index contributed by atoms with van der Waals surface area (Å²) in [6, 6.07) is 0. The number of phosphoric acid groups is 2. The number of unbranched alkanes of at least 4 members (excludes halogenated alkanes) is 19. The van der Waals surface area contributed by atoms with E-state index in [1.165, 1.54) is 51.4 Å². The van der Waals surface area contributed by atoms with Crippen LogP contribution in [0.1, 0.15) is 181 Å². The van der Waals surface area contributed by atoms with E-state index in [1.807, 2.05) is 6.92 Å². The third kappa shape index (κ3) is 27.4. The molecule has 348 valence electrons. The smallest absolute Gasteiger partial charge is 0.462 e. The Balaban J connectivity index is 2.63. The van der Waals surface area contributed by atoms with E-state index in [1.54, 1.807) is 0 Å². The molecule has 0 aromatic rings. The Bertz CT molecular complexity index is 1230. The maximum Gasteiger partial charge on any atom is 0.472 e. The van der Waals surface area contributed by atoms with Gasteiger partial charge in [0, 0.05) is 25.7 Å². The second-order valence-corrected chi connectivity index (χ2v) is 18.4. The molecule has 4 unspecified atom stereocenters. The van der Waals surface area contributed by atoms with Gasteiger partial charge in [-0.15, -0.1) is 0 Å². The zero-order valence-corrected chi connectivity index (χ0v) is 37.2. The number of esters is 2. The molecule has 0 aromatic heterocycles. The van der Waals surface area contributed by atoms with Gasteiger partial charge in [0.15, 0.2) is 6.10 Å². The first-order valence-electron chi connectivity index (χ1n) is 22.0. The minimum Gasteiger partial charge on any atom is -0.462 e. The number of ether oxygens (including phenoxy) is 2. The highest BCUT2D eigenvalue weighted by molar-refractivity contribution is 7.47. The summed E-state index contributed by atoms with van der Waals surface area (Å²) in [5.41, 5.74) is 0. The zero-order valence-electron chi connectivity index (χ0n) is 35.4. The number of carbonyl (C=O) groups is 3. The predicted octanol–water partition coefficient (Wildman–Crippen LogP) is 6.63. The minimum atomic E-state index is -5.36. The van der Waals surface area contributed by atoms with Crippen molar-refractivity contribution in [2.45, 2.75) is 224 Å². The van der Waals surface area contributed by atoms with Gasteiger partial charge in [-0.2, -0.15) is 0 Å². The van der Waals surface area contributed by atoms with E-state index >= 15 is 0 Å². The Morgan fingerprint density at radius 2 is 0.915 bits per heavy atom. The Hall–Kier alpha value is -1.33. The lowest BCUT2D eigenvalue weighted by Crippen LogP contribution is -2.64. The number of Topliss-reactive ketones (excluding diaryl/α,β-unsaturated/α-hetero) is 1. The van der Waals surface area contributed by atoms with Crippen molar-refractivity contribution >= 4 is 33.4 Å². The molecule has 1 rings (SSSR count). The average molecular weight is 891 g/mol. The number of aliphatic hydroxyl groups is 4. The summed E-state index contributed by atoms with van der Waals surface area (Å²) in [6.07, 6.45) is 9.26. The molecule has 0 amide bonds. The molecule has 17 nitrogen and oxygen atoms in total. The molecule has 1 aliphatic rings. The number of ketones is 1. The second-order valence-electron chi connectivity index (χ2n) is 15.8. The van der Waals surface area contributed by atoms with E-state index in [0.29, 0.717) is 31.5 Å². The Kier molecular flexibility index (Phi) is 30.5. The molecule has 8 atom stereocenters. The molecule has 0 bridgehead atoms. The first-order chi connectivity index (χ1) is 28.0. The molecule has 0 heterocycles. The van der Waals surface area contributed by atoms with Crippen LogP contribution in [0.5, 0.6) is 0 Å². The zero-order chi connectivity index (χ0) is 44.1. The van der Waals surface area contributed by atoms with Crippen molar-refractivity contribution in [3.63, 3.8) is 0 Å². The van der Waals surface area contributed by atoms with Crippen LogP contribution in [0.25, 0.3) is 0 Å². The molecule has 0 spiro atoms. The highest BCUT2D eigenvalue weighted by Crippen LogP contribution is 2.49. The third-order valence-corrected chi connectivity index (χ3v) is 11.8. The summed E-state index contributed by atoms with van der Waals surface area (Å²) in [4.78, 5) is 65.7. The van der Waals surface area contributed by atoms with Gasteiger partial charge < -0.3 is 44.6 Å². The van der Waals surface area contributed by atoms with Gasteiger partial charge in [-0.05, 0) is 25.7 Å². The minimum absolute atomic E-state index is 0.0358. The maximum atomic E-state index is 12.9. The average Bonchev–Trinajstić information content (AvgIpc) is 3.17. The van der Waals surface area contributed by atoms with Crippen LogP contribution in [-0.4, -0.2) is 109 Å². The van der Waals surface area contributed by atoms with Gasteiger partial charge in [-0.1, -0.05) is 129 Å². The summed E-state index contributed by atoms with van der Waals surface area (Å²) >= 11 is 0. The van der Waals surface area contributed by atoms with Gasteiger partial charge in [0.05, 0.1) is 6.61 Å². The van der Waals surface area contributed by atoms with Crippen molar-refractivity contribution in [2.75, 3.05) is 13.2 Å². The molecule has 0 aliphatic heterocycles. The lowest BCUT2D eigenvalue weighted by molar-refractivity contribution is -0.216. The first kappa shape index (κ1) is 55.7. The van der Waals surface area contributed by atoms with Gasteiger partial charge in [0.2, 0.25) is 0 Å². The van der Waals surface area contributed by atoms with E-state index in [9.17, 15) is 48.8 Å². The van der Waals surface area contributed by atoms with Crippen LogP contribution in [0.3, 0.4) is 0 Å². The molecule has 1 fully saturated rings. The predicted molar refractivity (Wildman–Crippen MR) is 219 cm³/mol. The number of aliphatic hydroxyl groups excluding tert-OH is 4. The summed E-state index contributed by atoms with van der Waals surface area (Å²) < 4.78 is 49.2. The maximum absolute atomic E-state index is 12.9. The summed E-state index contributed by atoms with van der Waals surface area (Å²) in [6.45, 7) is 2.84. The van der Waals surface area contributed by atoms with Gasteiger partial charge in [0.1, 0.15) is 49.0 Å². The van der Waals surface area contributed by atoms with E-state index in [0.717, 1.165) is 77.0 Å². The van der Waals surface area contributed by atoms with Crippen molar-refractivity contribution in [3.8, 4) is 0 Å². The fourth-order valence-corrected chi connectivity index (χ4v) is 8.45. The molecule has 1 aliphatic carbocycles. The molecule has 0 aromatic carbocycles. The normalized spacial score (nSPS) is 22.5. The molecule has 7 N–H and O–H groups in total. The van der Waals surface area contributed by atoms with Crippen molar-refractivity contribution in [1.29, 1.82) is 0 Å². The largest absolute Gasteiger partial charge is 0.472 e. The van der Waals surface area contributed by atoms with E-state index in [-0.39, 0.29) is 12.8 Å². The molecule has 1 saturated carbocycles. The number of hydrogen-bond acceptors (Lipinski definition) is 14. The van der Waals surface area contributed by atoms with Crippen molar-refractivity contribution in [3.05, 3.63) is 0 Å². The summed E-state index contributed by atoms with van der Waals surface area (Å²) in [5.74, 6) is -0.927. The highest BCUT2D eigenvalue weighted by atomic mass is 31.2. The quantitative estimate of drug-likeness (QED) is 0.0196. The number of hydrogen-bond donors (Lipinski definition) is 7. The second kappa shape index (κ2) is 32.4.